The number of hydrogen-bond acceptors (Lipinski definition) is 4. The Morgan fingerprint density at radius 2 is 1.65 bits per heavy atom. The molecule has 1 aliphatic rings. The van der Waals surface area contributed by atoms with E-state index in [1.807, 2.05) is 0 Å². The molecule has 1 saturated heterocycles. The summed E-state index contributed by atoms with van der Waals surface area (Å²) < 4.78 is 26.9. The fourth-order valence-electron chi connectivity index (χ4n) is 2.48. The molecule has 0 radical (unpaired) electrons. The van der Waals surface area contributed by atoms with Crippen molar-refractivity contribution < 1.29 is 18.0 Å². The molecule has 1 aromatic rings. The molecule has 1 heterocycles. The van der Waals surface area contributed by atoms with E-state index in [9.17, 15) is 18.0 Å². The third-order valence-electron chi connectivity index (χ3n) is 3.76. The summed E-state index contributed by atoms with van der Waals surface area (Å²) in [5, 5.41) is 0. The highest BCUT2D eigenvalue weighted by atomic mass is 32.2. The summed E-state index contributed by atoms with van der Waals surface area (Å²) in [6.45, 7) is 2.46. The summed E-state index contributed by atoms with van der Waals surface area (Å²) in [6, 6.07) is 5.85. The van der Waals surface area contributed by atoms with E-state index < -0.39 is 10.0 Å². The fraction of sp³-hybridized carbons (Fsp3) is 0.500. The fourth-order valence-corrected chi connectivity index (χ4v) is 3.55. The first-order valence-corrected chi connectivity index (χ1v) is 9.39. The van der Waals surface area contributed by atoms with Crippen LogP contribution >= 0.6 is 0 Å². The van der Waals surface area contributed by atoms with Gasteiger partial charge in [-0.2, -0.15) is 0 Å². The van der Waals surface area contributed by atoms with Gasteiger partial charge in [0.15, 0.2) is 0 Å². The molecule has 6 nitrogen and oxygen atoms in total. The summed E-state index contributed by atoms with van der Waals surface area (Å²) in [5.74, 6) is -0.482. The van der Waals surface area contributed by atoms with Crippen LogP contribution in [0.5, 0.6) is 0 Å². The zero-order valence-electron chi connectivity index (χ0n) is 13.2. The van der Waals surface area contributed by atoms with Crippen molar-refractivity contribution in [2.45, 2.75) is 50.3 Å². The van der Waals surface area contributed by atoms with Gasteiger partial charge in [0.05, 0.1) is 10.6 Å². The Hall–Kier alpha value is -1.73. The molecule has 7 heteroatoms. The third-order valence-corrected chi connectivity index (χ3v) is 5.23. The molecular weight excluding hydrogens is 316 g/mol. The van der Waals surface area contributed by atoms with E-state index in [4.69, 9.17) is 0 Å². The second-order valence-corrected chi connectivity index (χ2v) is 7.34. The third kappa shape index (κ3) is 4.39. The second-order valence-electron chi connectivity index (χ2n) is 5.58. The molecule has 1 aliphatic heterocycles. The maximum atomic E-state index is 12.2. The van der Waals surface area contributed by atoms with Crippen molar-refractivity contribution in [3.63, 3.8) is 0 Å². The summed E-state index contributed by atoms with van der Waals surface area (Å²) in [7, 11) is -3.55. The van der Waals surface area contributed by atoms with Gasteiger partial charge in [-0.25, -0.2) is 13.1 Å². The molecule has 0 unspecified atom stereocenters. The predicted molar refractivity (Wildman–Crippen MR) is 87.5 cm³/mol. The van der Waals surface area contributed by atoms with Crippen molar-refractivity contribution in [2.24, 2.45) is 0 Å². The zero-order valence-corrected chi connectivity index (χ0v) is 14.1. The number of nitrogens with zero attached hydrogens (tertiary/aromatic N) is 1. The molecule has 2 amide bonds. The van der Waals surface area contributed by atoms with E-state index in [1.165, 1.54) is 24.3 Å². The largest absolute Gasteiger partial charge is 0.274 e. The number of piperidine rings is 1. The van der Waals surface area contributed by atoms with Gasteiger partial charge in [-0.3, -0.25) is 14.5 Å². The number of carbonyl (C=O) groups is 2. The lowest BCUT2D eigenvalue weighted by Gasteiger charge is -2.24. The van der Waals surface area contributed by atoms with Crippen molar-refractivity contribution >= 4 is 27.5 Å². The normalized spacial score (nSPS) is 16.0. The number of benzene rings is 1. The van der Waals surface area contributed by atoms with Gasteiger partial charge in [0.1, 0.15) is 0 Å². The van der Waals surface area contributed by atoms with E-state index in [0.29, 0.717) is 31.5 Å². The van der Waals surface area contributed by atoms with Crippen molar-refractivity contribution in [3.05, 3.63) is 24.3 Å². The average molecular weight is 338 g/mol. The van der Waals surface area contributed by atoms with Gasteiger partial charge in [0.25, 0.3) is 0 Å². The molecule has 0 spiro atoms. The van der Waals surface area contributed by atoms with Crippen molar-refractivity contribution in [2.75, 3.05) is 11.4 Å². The van der Waals surface area contributed by atoms with Crippen LogP contribution in [0.3, 0.4) is 0 Å². The monoisotopic (exact) mass is 338 g/mol. The predicted octanol–water partition coefficient (Wildman–Crippen LogP) is 2.20. The maximum absolute atomic E-state index is 12.2. The highest BCUT2D eigenvalue weighted by Crippen LogP contribution is 2.23. The van der Waals surface area contributed by atoms with Crippen LogP contribution < -0.4 is 9.62 Å². The van der Waals surface area contributed by atoms with Crippen LogP contribution in [0.15, 0.2) is 29.2 Å². The highest BCUT2D eigenvalue weighted by Gasteiger charge is 2.27. The Kier molecular flexibility index (Phi) is 5.90. The Balaban J connectivity index is 2.09. The van der Waals surface area contributed by atoms with Gasteiger partial charge in [0.2, 0.25) is 21.8 Å². The Morgan fingerprint density at radius 1 is 1.04 bits per heavy atom. The number of imide groups is 1. The molecule has 0 aliphatic carbocycles. The molecule has 0 aromatic heterocycles. The van der Waals surface area contributed by atoms with E-state index >= 15 is 0 Å². The lowest BCUT2D eigenvalue weighted by Crippen LogP contribution is -2.40. The van der Waals surface area contributed by atoms with E-state index in [2.05, 4.69) is 11.6 Å². The number of anilines is 1. The van der Waals surface area contributed by atoms with Gasteiger partial charge in [-0.15, -0.1) is 0 Å². The summed E-state index contributed by atoms with van der Waals surface area (Å²) >= 11 is 0. The number of hydrogen-bond donors (Lipinski definition) is 1. The summed E-state index contributed by atoms with van der Waals surface area (Å²) in [4.78, 5) is 25.0. The number of sulfonamides is 1. The number of rotatable bonds is 7. The Bertz CT molecular complexity index is 652. The lowest BCUT2D eigenvalue weighted by molar-refractivity contribution is -0.129. The first-order valence-electron chi connectivity index (χ1n) is 7.91. The maximum Gasteiger partial charge on any atom is 0.240 e. The van der Waals surface area contributed by atoms with E-state index in [-0.39, 0.29) is 16.7 Å². The highest BCUT2D eigenvalue weighted by molar-refractivity contribution is 7.89. The van der Waals surface area contributed by atoms with E-state index in [0.717, 1.165) is 24.2 Å². The quantitative estimate of drug-likeness (QED) is 0.610. The molecule has 1 aromatic carbocycles. The summed E-state index contributed by atoms with van der Waals surface area (Å²) in [5.41, 5.74) is 0.421. The van der Waals surface area contributed by atoms with Crippen LogP contribution in [0, 0.1) is 0 Å². The molecule has 1 fully saturated rings. The van der Waals surface area contributed by atoms with Crippen LogP contribution in [0.25, 0.3) is 0 Å². The number of carbonyl (C=O) groups excluding carboxylic acids is 2. The SMILES string of the molecule is CCCCCNS(=O)(=O)c1ccc(N2C(=O)CCCC2=O)cc1. The Labute approximate surface area is 136 Å². The van der Waals surface area contributed by atoms with Crippen molar-refractivity contribution in [1.29, 1.82) is 0 Å². The number of nitrogens with one attached hydrogen (secondary N) is 1. The molecule has 0 saturated carbocycles. The first kappa shape index (κ1) is 17.6. The molecule has 2 rings (SSSR count). The molecule has 0 atom stereocenters. The molecule has 1 N–H and O–H groups in total. The van der Waals surface area contributed by atoms with Crippen LogP contribution in [0.4, 0.5) is 5.69 Å². The Morgan fingerprint density at radius 3 is 2.22 bits per heavy atom. The standard InChI is InChI=1S/C16H22N2O4S/c1-2-3-4-12-17-23(21,22)14-10-8-13(9-11-14)18-15(19)6-5-7-16(18)20/h8-11,17H,2-7,12H2,1H3. The van der Waals surface area contributed by atoms with Gasteiger partial charge >= 0.3 is 0 Å². The molecule has 23 heavy (non-hydrogen) atoms. The molecule has 0 bridgehead atoms. The summed E-state index contributed by atoms with van der Waals surface area (Å²) in [6.07, 6.45) is 4.04. The van der Waals surface area contributed by atoms with Crippen LogP contribution in [-0.4, -0.2) is 26.8 Å². The van der Waals surface area contributed by atoms with Crippen molar-refractivity contribution in [1.82, 2.24) is 4.72 Å². The van der Waals surface area contributed by atoms with Gasteiger partial charge in [-0.1, -0.05) is 19.8 Å². The minimum Gasteiger partial charge on any atom is -0.274 e. The van der Waals surface area contributed by atoms with Gasteiger partial charge in [-0.05, 0) is 37.1 Å². The molecular formula is C16H22N2O4S. The van der Waals surface area contributed by atoms with Gasteiger partial charge < -0.3 is 0 Å². The van der Waals surface area contributed by atoms with Crippen molar-refractivity contribution in [3.8, 4) is 0 Å². The lowest BCUT2D eigenvalue weighted by atomic mass is 10.1. The number of amides is 2. The first-order chi connectivity index (χ1) is 11.0. The topological polar surface area (TPSA) is 83.6 Å². The minimum absolute atomic E-state index is 0.134. The smallest absolute Gasteiger partial charge is 0.240 e. The van der Waals surface area contributed by atoms with Crippen LogP contribution in [-0.2, 0) is 19.6 Å². The minimum atomic E-state index is -3.55. The number of unbranched alkanes of at least 4 members (excludes halogenated alkanes) is 2. The average Bonchev–Trinajstić information content (AvgIpc) is 2.52. The van der Waals surface area contributed by atoms with E-state index in [1.54, 1.807) is 0 Å². The van der Waals surface area contributed by atoms with Crippen LogP contribution in [0.1, 0.15) is 45.4 Å². The second kappa shape index (κ2) is 7.70. The molecule has 126 valence electrons. The van der Waals surface area contributed by atoms with Crippen LogP contribution in [0.2, 0.25) is 0 Å². The van der Waals surface area contributed by atoms with Gasteiger partial charge in [0, 0.05) is 19.4 Å². The zero-order chi connectivity index (χ0) is 16.9.